The molecule has 1 atom stereocenters. The molecule has 3 aromatic rings. The summed E-state index contributed by atoms with van der Waals surface area (Å²) < 4.78 is 58.6. The Labute approximate surface area is 190 Å². The molecule has 0 radical (unpaired) electrons. The summed E-state index contributed by atoms with van der Waals surface area (Å²) in [6, 6.07) is 7.70. The van der Waals surface area contributed by atoms with Crippen LogP contribution in [0.3, 0.4) is 0 Å². The van der Waals surface area contributed by atoms with Gasteiger partial charge >= 0.3 is 12.3 Å². The lowest BCUT2D eigenvalue weighted by molar-refractivity contribution is -0.137. The Kier molecular flexibility index (Phi) is 6.26. The van der Waals surface area contributed by atoms with Crippen LogP contribution >= 0.6 is 11.6 Å². The number of alkyl halides is 4. The Bertz CT molecular complexity index is 1190. The zero-order valence-corrected chi connectivity index (χ0v) is 17.7. The second-order valence-electron chi connectivity index (χ2n) is 7.55. The zero-order chi connectivity index (χ0) is 23.8. The summed E-state index contributed by atoms with van der Waals surface area (Å²) in [6.45, 7) is 0.584. The maximum absolute atomic E-state index is 13.4. The smallest absolute Gasteiger partial charge is 0.408 e. The van der Waals surface area contributed by atoms with Gasteiger partial charge in [0.2, 0.25) is 0 Å². The van der Waals surface area contributed by atoms with E-state index >= 15 is 0 Å². The number of nitrogens with two attached hydrogens (primary N) is 1. The number of likely N-dealkylation sites (tertiary alicyclic amines) is 1. The highest BCUT2D eigenvalue weighted by molar-refractivity contribution is 6.31. The summed E-state index contributed by atoms with van der Waals surface area (Å²) >= 11 is 5.77. The average Bonchev–Trinajstić information content (AvgIpc) is 2.72. The Morgan fingerprint density at radius 2 is 2.03 bits per heavy atom. The van der Waals surface area contributed by atoms with E-state index < -0.39 is 35.1 Å². The van der Waals surface area contributed by atoms with Crippen molar-refractivity contribution in [1.29, 1.82) is 0 Å². The van der Waals surface area contributed by atoms with Crippen LogP contribution in [-0.2, 0) is 6.18 Å². The lowest BCUT2D eigenvalue weighted by Gasteiger charge is -2.37. The monoisotopic (exact) mass is 483 g/mol. The molecule has 2 heterocycles. The third-order valence-corrected chi connectivity index (χ3v) is 5.53. The first-order chi connectivity index (χ1) is 15.6. The molecule has 2 aromatic carbocycles. The van der Waals surface area contributed by atoms with Gasteiger partial charge in [0.1, 0.15) is 23.8 Å². The molecule has 1 saturated heterocycles. The molecule has 7 nitrogen and oxygen atoms in total. The number of anilines is 1. The standard InChI is InChI=1S/C21H18ClF4N5O2/c22-15-5-4-11(6-14(15)21(24,25)26)16(9-31-7-12(23)8-31)30-19-13-2-1-3-17(33-20(27)32)18(13)28-10-29-19/h1-6,10,12,16H,7-9H2,(H2,27,32)(H,28,29,30)/t16-/m1/s1. The molecule has 1 amide bonds. The average molecular weight is 484 g/mol. The van der Waals surface area contributed by atoms with Crippen molar-refractivity contribution in [1.82, 2.24) is 14.9 Å². The topological polar surface area (TPSA) is 93.4 Å². The van der Waals surface area contributed by atoms with Crippen LogP contribution in [0.5, 0.6) is 5.75 Å². The molecule has 12 heteroatoms. The maximum Gasteiger partial charge on any atom is 0.417 e. The predicted octanol–water partition coefficient (Wildman–Crippen LogP) is 4.57. The van der Waals surface area contributed by atoms with Crippen LogP contribution < -0.4 is 15.8 Å². The van der Waals surface area contributed by atoms with Crippen molar-refractivity contribution in [3.63, 3.8) is 0 Å². The van der Waals surface area contributed by atoms with Crippen LogP contribution in [0.2, 0.25) is 5.02 Å². The highest BCUT2D eigenvalue weighted by Gasteiger charge is 2.35. The molecule has 4 rings (SSSR count). The van der Waals surface area contributed by atoms with E-state index in [4.69, 9.17) is 22.1 Å². The van der Waals surface area contributed by atoms with E-state index in [1.165, 1.54) is 24.5 Å². The minimum atomic E-state index is -4.64. The third-order valence-electron chi connectivity index (χ3n) is 5.20. The van der Waals surface area contributed by atoms with Gasteiger partial charge < -0.3 is 15.8 Å². The van der Waals surface area contributed by atoms with Gasteiger partial charge in [-0.2, -0.15) is 13.2 Å². The number of rotatable bonds is 6. The summed E-state index contributed by atoms with van der Waals surface area (Å²) in [5, 5.41) is 3.17. The van der Waals surface area contributed by atoms with Crippen molar-refractivity contribution in [2.75, 3.05) is 25.0 Å². The van der Waals surface area contributed by atoms with E-state index in [0.29, 0.717) is 16.8 Å². The number of halogens is 5. The van der Waals surface area contributed by atoms with E-state index in [1.54, 1.807) is 17.0 Å². The second-order valence-corrected chi connectivity index (χ2v) is 7.95. The highest BCUT2D eigenvalue weighted by atomic mass is 35.5. The molecule has 33 heavy (non-hydrogen) atoms. The Balaban J connectivity index is 1.72. The van der Waals surface area contributed by atoms with E-state index in [-0.39, 0.29) is 30.9 Å². The van der Waals surface area contributed by atoms with Gasteiger partial charge in [0.25, 0.3) is 0 Å². The SMILES string of the molecule is NC(=O)Oc1cccc2c(N[C@H](CN3CC(F)C3)c3ccc(Cl)c(C(F)(F)F)c3)ncnc12. The molecule has 3 N–H and O–H groups in total. The first kappa shape index (κ1) is 23.0. The third kappa shape index (κ3) is 5.09. The summed E-state index contributed by atoms with van der Waals surface area (Å²) in [4.78, 5) is 21.3. The van der Waals surface area contributed by atoms with Gasteiger partial charge in [0.05, 0.1) is 16.6 Å². The molecule has 1 aliphatic rings. The highest BCUT2D eigenvalue weighted by Crippen LogP contribution is 2.37. The van der Waals surface area contributed by atoms with Crippen LogP contribution in [0, 0.1) is 0 Å². The largest absolute Gasteiger partial charge is 0.417 e. The lowest BCUT2D eigenvalue weighted by Crippen LogP contribution is -2.50. The number of hydrogen-bond acceptors (Lipinski definition) is 6. The summed E-state index contributed by atoms with van der Waals surface area (Å²) in [5.74, 6) is 0.400. The fourth-order valence-corrected chi connectivity index (χ4v) is 3.88. The molecule has 0 spiro atoms. The number of carbonyl (C=O) groups excluding carboxylic acids is 1. The molecule has 0 bridgehead atoms. The quantitative estimate of drug-likeness (QED) is 0.499. The molecule has 174 valence electrons. The number of primary amides is 1. The molecule has 1 aromatic heterocycles. The van der Waals surface area contributed by atoms with Gasteiger partial charge in [0.15, 0.2) is 5.75 Å². The maximum atomic E-state index is 13.4. The number of ether oxygens (including phenoxy) is 1. The van der Waals surface area contributed by atoms with Crippen LogP contribution in [0.25, 0.3) is 10.9 Å². The van der Waals surface area contributed by atoms with Crippen LogP contribution in [-0.4, -0.2) is 46.8 Å². The molecule has 1 aliphatic heterocycles. The van der Waals surface area contributed by atoms with Crippen LogP contribution in [0.15, 0.2) is 42.7 Å². The molecule has 1 fully saturated rings. The summed E-state index contributed by atoms with van der Waals surface area (Å²) in [7, 11) is 0. The number of nitrogens with zero attached hydrogens (tertiary/aromatic N) is 3. The van der Waals surface area contributed by atoms with E-state index in [0.717, 1.165) is 6.07 Å². The van der Waals surface area contributed by atoms with Crippen molar-refractivity contribution in [3.8, 4) is 5.75 Å². The number of aromatic nitrogens is 2. The first-order valence-electron chi connectivity index (χ1n) is 9.82. The number of nitrogens with one attached hydrogen (secondary N) is 1. The van der Waals surface area contributed by atoms with Gasteiger partial charge in [-0.05, 0) is 29.8 Å². The van der Waals surface area contributed by atoms with Crippen LogP contribution in [0.1, 0.15) is 17.2 Å². The van der Waals surface area contributed by atoms with Gasteiger partial charge in [-0.15, -0.1) is 0 Å². The number of hydrogen-bond donors (Lipinski definition) is 2. The summed E-state index contributed by atoms with van der Waals surface area (Å²) in [5.41, 5.74) is 4.71. The molecule has 0 aliphatic carbocycles. The number of carbonyl (C=O) groups is 1. The molecule has 0 unspecified atom stereocenters. The minimum absolute atomic E-state index is 0.107. The number of benzene rings is 2. The van der Waals surface area contributed by atoms with Gasteiger partial charge in [-0.1, -0.05) is 23.7 Å². The fourth-order valence-electron chi connectivity index (χ4n) is 3.66. The minimum Gasteiger partial charge on any atom is -0.408 e. The van der Waals surface area contributed by atoms with E-state index in [1.807, 2.05) is 0 Å². The van der Waals surface area contributed by atoms with E-state index in [9.17, 15) is 22.4 Å². The first-order valence-corrected chi connectivity index (χ1v) is 10.2. The van der Waals surface area contributed by atoms with Crippen molar-refractivity contribution < 1.29 is 27.1 Å². The van der Waals surface area contributed by atoms with Crippen LogP contribution in [0.4, 0.5) is 28.2 Å². The molecular formula is C21H18ClF4N5O2. The number of amides is 1. The van der Waals surface area contributed by atoms with Gasteiger partial charge in [-0.3, -0.25) is 4.90 Å². The predicted molar refractivity (Wildman–Crippen MR) is 114 cm³/mol. The lowest BCUT2D eigenvalue weighted by atomic mass is 10.0. The Morgan fingerprint density at radius 3 is 2.70 bits per heavy atom. The molecule has 0 saturated carbocycles. The van der Waals surface area contributed by atoms with E-state index in [2.05, 4.69) is 15.3 Å². The van der Waals surface area contributed by atoms with Crippen molar-refractivity contribution >= 4 is 34.4 Å². The normalized spacial score (nSPS) is 15.8. The van der Waals surface area contributed by atoms with Crippen molar-refractivity contribution in [3.05, 3.63) is 58.9 Å². The Morgan fingerprint density at radius 1 is 1.27 bits per heavy atom. The fraction of sp³-hybridized carbons (Fsp3) is 0.286. The number of para-hydroxylation sites is 1. The molecular weight excluding hydrogens is 466 g/mol. The second kappa shape index (κ2) is 8.99. The Hall–Kier alpha value is -3.18. The summed E-state index contributed by atoms with van der Waals surface area (Å²) in [6.07, 6.45) is -5.41. The van der Waals surface area contributed by atoms with Gasteiger partial charge in [0, 0.05) is 25.0 Å². The van der Waals surface area contributed by atoms with Crippen molar-refractivity contribution in [2.45, 2.75) is 18.4 Å². The van der Waals surface area contributed by atoms with Gasteiger partial charge in [-0.25, -0.2) is 19.2 Å². The van der Waals surface area contributed by atoms with Crippen molar-refractivity contribution in [2.24, 2.45) is 5.73 Å². The zero-order valence-electron chi connectivity index (χ0n) is 16.9. The number of fused-ring (bicyclic) bond motifs is 1.